The summed E-state index contributed by atoms with van der Waals surface area (Å²) in [5.74, 6) is 0.748. The van der Waals surface area contributed by atoms with Crippen molar-refractivity contribution in [2.24, 2.45) is 0 Å². The van der Waals surface area contributed by atoms with Gasteiger partial charge in [0.15, 0.2) is 0 Å². The molecule has 0 bridgehead atoms. The predicted octanol–water partition coefficient (Wildman–Crippen LogP) is 2.39. The summed E-state index contributed by atoms with van der Waals surface area (Å²) in [5.41, 5.74) is -3.09. The van der Waals surface area contributed by atoms with Crippen molar-refractivity contribution in [2.45, 2.75) is 25.6 Å². The Bertz CT molecular complexity index is 994. The summed E-state index contributed by atoms with van der Waals surface area (Å²) in [7, 11) is 0. The Morgan fingerprint density at radius 1 is 1.27 bits per heavy atom. The minimum atomic E-state index is -4.82. The molecule has 33 heavy (non-hydrogen) atoms. The van der Waals surface area contributed by atoms with Crippen molar-refractivity contribution in [1.82, 2.24) is 20.1 Å². The Kier molecular flexibility index (Phi) is 8.14. The zero-order valence-electron chi connectivity index (χ0n) is 17.9. The average Bonchev–Trinajstić information content (AvgIpc) is 2.76. The van der Waals surface area contributed by atoms with E-state index in [9.17, 15) is 22.8 Å². The van der Waals surface area contributed by atoms with Crippen LogP contribution < -0.4 is 15.8 Å². The molecular formula is C20H24ClF3N6O3. The van der Waals surface area contributed by atoms with Crippen LogP contribution in [0.5, 0.6) is 0 Å². The zero-order chi connectivity index (χ0) is 24.0. The molecule has 0 saturated carbocycles. The highest BCUT2D eigenvalue weighted by atomic mass is 35.5. The van der Waals surface area contributed by atoms with E-state index in [1.165, 1.54) is 0 Å². The third-order valence-corrected chi connectivity index (χ3v) is 5.26. The summed E-state index contributed by atoms with van der Waals surface area (Å²) >= 11 is 5.86. The van der Waals surface area contributed by atoms with Gasteiger partial charge in [0.2, 0.25) is 5.91 Å². The zero-order valence-corrected chi connectivity index (χ0v) is 18.6. The molecule has 0 aromatic carbocycles. The van der Waals surface area contributed by atoms with Gasteiger partial charge in [0.1, 0.15) is 11.4 Å². The maximum atomic E-state index is 13.1. The second-order valence-corrected chi connectivity index (χ2v) is 7.99. The van der Waals surface area contributed by atoms with Crippen LogP contribution in [0.25, 0.3) is 0 Å². The molecule has 1 saturated heterocycles. The molecule has 2 N–H and O–H groups in total. The van der Waals surface area contributed by atoms with Crippen LogP contribution in [0, 0.1) is 0 Å². The van der Waals surface area contributed by atoms with Crippen LogP contribution in [0.2, 0.25) is 5.02 Å². The van der Waals surface area contributed by atoms with E-state index in [2.05, 4.69) is 20.3 Å². The van der Waals surface area contributed by atoms with E-state index in [4.69, 9.17) is 16.3 Å². The maximum Gasteiger partial charge on any atom is 0.423 e. The van der Waals surface area contributed by atoms with Gasteiger partial charge < -0.3 is 19.9 Å². The van der Waals surface area contributed by atoms with Gasteiger partial charge in [-0.25, -0.2) is 10.1 Å². The Morgan fingerprint density at radius 2 is 2.00 bits per heavy atom. The first-order valence-corrected chi connectivity index (χ1v) is 10.7. The van der Waals surface area contributed by atoms with Crippen molar-refractivity contribution in [3.05, 3.63) is 45.5 Å². The summed E-state index contributed by atoms with van der Waals surface area (Å²) in [6, 6.07) is 3.06. The molecule has 13 heteroatoms. The Balaban J connectivity index is 1.39. The van der Waals surface area contributed by atoms with Crippen LogP contribution in [-0.2, 0) is 15.7 Å². The van der Waals surface area contributed by atoms with Crippen LogP contribution in [0.15, 0.2) is 29.3 Å². The number of anilines is 2. The van der Waals surface area contributed by atoms with E-state index < -0.39 is 29.0 Å². The summed E-state index contributed by atoms with van der Waals surface area (Å²) in [6.45, 7) is 4.18. The van der Waals surface area contributed by atoms with Crippen LogP contribution in [0.1, 0.15) is 18.9 Å². The quantitative estimate of drug-likeness (QED) is 0.550. The van der Waals surface area contributed by atoms with Crippen LogP contribution in [0.3, 0.4) is 0 Å². The molecule has 2 aromatic heterocycles. The van der Waals surface area contributed by atoms with Gasteiger partial charge in [-0.1, -0.05) is 11.6 Å². The number of nitrogens with one attached hydrogen (secondary N) is 2. The second kappa shape index (κ2) is 10.8. The molecule has 1 atom stereocenters. The number of carbonyl (C=O) groups is 1. The standard InChI is InChI=1S/C20H24ClF3N6O3/c1-13(27-15-11-26-28-19(32)18(15)20(22,23)24)12-33-9-4-17(31)30-7-5-29(6-8-30)16-3-2-14(21)10-25-16/h2-3,10-11,13H,4-9,12H2,1H3,(H2,27,28,32)/t13-/m0/s1. The number of ether oxygens (including phenoxy) is 1. The minimum Gasteiger partial charge on any atom is -0.379 e. The Hall–Kier alpha value is -2.86. The summed E-state index contributed by atoms with van der Waals surface area (Å²) in [6.07, 6.45) is -2.17. The number of carbonyl (C=O) groups excluding carboxylic acids is 1. The third-order valence-electron chi connectivity index (χ3n) is 5.04. The Labute approximate surface area is 192 Å². The number of hydrogen-bond donors (Lipinski definition) is 2. The SMILES string of the molecule is C[C@@H](COCCC(=O)N1CCN(c2ccc(Cl)cn2)CC1)Nc1cn[nH]c(=O)c1C(F)(F)F. The number of piperazine rings is 1. The van der Waals surface area contributed by atoms with E-state index in [0.717, 1.165) is 12.0 Å². The molecule has 3 heterocycles. The first kappa shape index (κ1) is 24.8. The smallest absolute Gasteiger partial charge is 0.379 e. The molecule has 1 aliphatic heterocycles. The Morgan fingerprint density at radius 3 is 2.64 bits per heavy atom. The second-order valence-electron chi connectivity index (χ2n) is 7.56. The highest BCUT2D eigenvalue weighted by Crippen LogP contribution is 2.31. The largest absolute Gasteiger partial charge is 0.423 e. The van der Waals surface area contributed by atoms with Crippen LogP contribution >= 0.6 is 11.6 Å². The van der Waals surface area contributed by atoms with Crippen LogP contribution in [-0.4, -0.2) is 71.4 Å². The normalized spacial score (nSPS) is 15.4. The highest BCUT2D eigenvalue weighted by Gasteiger charge is 2.37. The highest BCUT2D eigenvalue weighted by molar-refractivity contribution is 6.30. The van der Waals surface area contributed by atoms with Gasteiger partial charge in [0, 0.05) is 38.4 Å². The van der Waals surface area contributed by atoms with Crippen molar-refractivity contribution in [3.63, 3.8) is 0 Å². The number of rotatable bonds is 8. The molecule has 1 fully saturated rings. The third kappa shape index (κ3) is 6.81. The molecule has 1 aliphatic rings. The first-order chi connectivity index (χ1) is 15.6. The van der Waals surface area contributed by atoms with Gasteiger partial charge in [-0.3, -0.25) is 9.59 Å². The van der Waals surface area contributed by atoms with E-state index >= 15 is 0 Å². The van der Waals surface area contributed by atoms with Crippen molar-refractivity contribution in [1.29, 1.82) is 0 Å². The van der Waals surface area contributed by atoms with E-state index in [1.807, 2.05) is 6.07 Å². The summed E-state index contributed by atoms with van der Waals surface area (Å²) in [5, 5.41) is 8.34. The van der Waals surface area contributed by atoms with Crippen molar-refractivity contribution < 1.29 is 22.7 Å². The van der Waals surface area contributed by atoms with Gasteiger partial charge in [-0.15, -0.1) is 0 Å². The number of H-pyrrole nitrogens is 1. The molecule has 0 spiro atoms. The van der Waals surface area contributed by atoms with E-state index in [0.29, 0.717) is 31.2 Å². The van der Waals surface area contributed by atoms with E-state index in [-0.39, 0.29) is 25.5 Å². The summed E-state index contributed by atoms with van der Waals surface area (Å²) < 4.78 is 44.7. The molecular weight excluding hydrogens is 465 g/mol. The first-order valence-electron chi connectivity index (χ1n) is 10.3. The number of nitrogens with zero attached hydrogens (tertiary/aromatic N) is 4. The van der Waals surface area contributed by atoms with Crippen LogP contribution in [0.4, 0.5) is 24.7 Å². The molecule has 0 aliphatic carbocycles. The number of amides is 1. The van der Waals surface area contributed by atoms with E-state index in [1.54, 1.807) is 29.2 Å². The lowest BCUT2D eigenvalue weighted by atomic mass is 10.2. The molecule has 180 valence electrons. The monoisotopic (exact) mass is 488 g/mol. The lowest BCUT2D eigenvalue weighted by Crippen LogP contribution is -2.49. The molecule has 2 aromatic rings. The minimum absolute atomic E-state index is 0.0490. The van der Waals surface area contributed by atoms with Gasteiger partial charge in [-0.2, -0.15) is 18.3 Å². The fourth-order valence-electron chi connectivity index (χ4n) is 3.41. The molecule has 9 nitrogen and oxygen atoms in total. The van der Waals surface area contributed by atoms with Gasteiger partial charge in [0.05, 0.1) is 36.5 Å². The number of hydrogen-bond acceptors (Lipinski definition) is 7. The van der Waals surface area contributed by atoms with Crippen molar-refractivity contribution in [3.8, 4) is 0 Å². The predicted molar refractivity (Wildman–Crippen MR) is 116 cm³/mol. The van der Waals surface area contributed by atoms with Crippen molar-refractivity contribution in [2.75, 3.05) is 49.6 Å². The van der Waals surface area contributed by atoms with Gasteiger partial charge in [0.25, 0.3) is 5.56 Å². The average molecular weight is 489 g/mol. The fourth-order valence-corrected chi connectivity index (χ4v) is 3.53. The topological polar surface area (TPSA) is 103 Å². The van der Waals surface area contributed by atoms with Gasteiger partial charge >= 0.3 is 6.18 Å². The lowest BCUT2D eigenvalue weighted by molar-refractivity contribution is -0.138. The number of halogens is 4. The number of pyridine rings is 1. The lowest BCUT2D eigenvalue weighted by Gasteiger charge is -2.35. The molecule has 0 unspecified atom stereocenters. The van der Waals surface area contributed by atoms with Gasteiger partial charge in [-0.05, 0) is 19.1 Å². The van der Waals surface area contributed by atoms with Crippen molar-refractivity contribution >= 4 is 29.0 Å². The number of aromatic amines is 1. The summed E-state index contributed by atoms with van der Waals surface area (Å²) in [4.78, 5) is 32.0. The molecule has 3 rings (SSSR count). The number of aromatic nitrogens is 3. The fraction of sp³-hybridized carbons (Fsp3) is 0.500. The maximum absolute atomic E-state index is 13.1. The molecule has 1 amide bonds. The number of alkyl halides is 3. The molecule has 0 radical (unpaired) electrons.